The van der Waals surface area contributed by atoms with Crippen molar-refractivity contribution in [3.05, 3.63) is 23.9 Å². The maximum absolute atomic E-state index is 4.45. The lowest BCUT2D eigenvalue weighted by atomic mass is 10.1. The van der Waals surface area contributed by atoms with Crippen molar-refractivity contribution in [3.63, 3.8) is 0 Å². The van der Waals surface area contributed by atoms with E-state index in [0.29, 0.717) is 12.1 Å². The van der Waals surface area contributed by atoms with Crippen LogP contribution in [0.4, 0.5) is 5.82 Å². The Morgan fingerprint density at radius 1 is 1.38 bits per heavy atom. The molecule has 0 radical (unpaired) electrons. The summed E-state index contributed by atoms with van der Waals surface area (Å²) in [4.78, 5) is 6.74. The highest BCUT2D eigenvalue weighted by Crippen LogP contribution is 2.19. The van der Waals surface area contributed by atoms with Crippen molar-refractivity contribution in [2.75, 3.05) is 18.5 Å². The third kappa shape index (κ3) is 2.95. The second-order valence-electron chi connectivity index (χ2n) is 4.34. The molecule has 0 aliphatic carbocycles. The molecule has 0 aliphatic heterocycles. The predicted molar refractivity (Wildman–Crippen MR) is 69.9 cm³/mol. The standard InChI is InChI=1S/C13H23N3/c1-6-16(10(2)3)13-9-12(7-8-15-13)11(4)14-5/h7-11,14H,6H2,1-5H3. The van der Waals surface area contributed by atoms with Gasteiger partial charge in [0.2, 0.25) is 0 Å². The molecule has 1 atom stereocenters. The van der Waals surface area contributed by atoms with Gasteiger partial charge in [-0.05, 0) is 52.4 Å². The largest absolute Gasteiger partial charge is 0.354 e. The topological polar surface area (TPSA) is 28.2 Å². The Hall–Kier alpha value is -1.09. The van der Waals surface area contributed by atoms with E-state index < -0.39 is 0 Å². The summed E-state index contributed by atoms with van der Waals surface area (Å²) in [6, 6.07) is 5.09. The van der Waals surface area contributed by atoms with E-state index in [1.54, 1.807) is 0 Å². The zero-order valence-electron chi connectivity index (χ0n) is 11.0. The van der Waals surface area contributed by atoms with Crippen LogP contribution in [0.15, 0.2) is 18.3 Å². The average Bonchev–Trinajstić information content (AvgIpc) is 2.29. The number of anilines is 1. The predicted octanol–water partition coefficient (Wildman–Crippen LogP) is 2.60. The van der Waals surface area contributed by atoms with Crippen LogP contribution in [0, 0.1) is 0 Å². The second kappa shape index (κ2) is 5.85. The van der Waals surface area contributed by atoms with Gasteiger partial charge in [0.25, 0.3) is 0 Å². The van der Waals surface area contributed by atoms with Crippen LogP contribution in [0.1, 0.15) is 39.3 Å². The van der Waals surface area contributed by atoms with Gasteiger partial charge in [0, 0.05) is 24.8 Å². The van der Waals surface area contributed by atoms with Gasteiger partial charge in [-0.2, -0.15) is 0 Å². The molecule has 1 rings (SSSR count). The van der Waals surface area contributed by atoms with Crippen molar-refractivity contribution in [3.8, 4) is 0 Å². The van der Waals surface area contributed by atoms with E-state index in [1.807, 2.05) is 13.2 Å². The first kappa shape index (κ1) is 13.0. The van der Waals surface area contributed by atoms with Crippen LogP contribution < -0.4 is 10.2 Å². The van der Waals surface area contributed by atoms with Gasteiger partial charge in [-0.15, -0.1) is 0 Å². The fourth-order valence-electron chi connectivity index (χ4n) is 1.82. The summed E-state index contributed by atoms with van der Waals surface area (Å²) in [5.41, 5.74) is 1.28. The molecule has 0 aliphatic rings. The monoisotopic (exact) mass is 221 g/mol. The summed E-state index contributed by atoms with van der Waals surface area (Å²) in [5.74, 6) is 1.07. The van der Waals surface area contributed by atoms with E-state index in [0.717, 1.165) is 12.4 Å². The molecule has 16 heavy (non-hydrogen) atoms. The fraction of sp³-hybridized carbons (Fsp3) is 0.615. The SMILES string of the molecule is CCN(c1cc(C(C)NC)ccn1)C(C)C. The molecule has 0 bridgehead atoms. The summed E-state index contributed by atoms with van der Waals surface area (Å²) in [6.45, 7) is 9.70. The van der Waals surface area contributed by atoms with Gasteiger partial charge in [-0.1, -0.05) is 0 Å². The molecule has 1 aromatic rings. The molecule has 0 spiro atoms. The van der Waals surface area contributed by atoms with Crippen LogP contribution in [-0.4, -0.2) is 24.6 Å². The van der Waals surface area contributed by atoms with Crippen molar-refractivity contribution in [1.82, 2.24) is 10.3 Å². The van der Waals surface area contributed by atoms with Gasteiger partial charge in [-0.3, -0.25) is 0 Å². The smallest absolute Gasteiger partial charge is 0.129 e. The molecular formula is C13H23N3. The lowest BCUT2D eigenvalue weighted by molar-refractivity contribution is 0.647. The molecule has 0 fully saturated rings. The second-order valence-corrected chi connectivity index (χ2v) is 4.34. The van der Waals surface area contributed by atoms with E-state index >= 15 is 0 Å². The summed E-state index contributed by atoms with van der Waals surface area (Å²) in [5, 5.41) is 3.25. The van der Waals surface area contributed by atoms with Crippen LogP contribution in [0.25, 0.3) is 0 Å². The van der Waals surface area contributed by atoms with Crippen LogP contribution in [0.2, 0.25) is 0 Å². The molecule has 1 heterocycles. The Morgan fingerprint density at radius 2 is 2.06 bits per heavy atom. The molecular weight excluding hydrogens is 198 g/mol. The number of rotatable bonds is 5. The number of hydrogen-bond donors (Lipinski definition) is 1. The normalized spacial score (nSPS) is 12.9. The quantitative estimate of drug-likeness (QED) is 0.828. The minimum Gasteiger partial charge on any atom is -0.354 e. The molecule has 0 amide bonds. The van der Waals surface area contributed by atoms with Crippen LogP contribution in [-0.2, 0) is 0 Å². The Bertz CT molecular complexity index is 323. The molecule has 0 saturated carbocycles. The van der Waals surface area contributed by atoms with E-state index in [2.05, 4.69) is 55.0 Å². The first-order valence-corrected chi connectivity index (χ1v) is 6.00. The Kier molecular flexibility index (Phi) is 4.74. The van der Waals surface area contributed by atoms with E-state index in [4.69, 9.17) is 0 Å². The zero-order valence-corrected chi connectivity index (χ0v) is 11.0. The summed E-state index contributed by atoms with van der Waals surface area (Å²) in [6.07, 6.45) is 1.89. The highest BCUT2D eigenvalue weighted by Gasteiger charge is 2.11. The van der Waals surface area contributed by atoms with Gasteiger partial charge in [-0.25, -0.2) is 4.98 Å². The van der Waals surface area contributed by atoms with Gasteiger partial charge in [0.05, 0.1) is 0 Å². The number of nitrogens with zero attached hydrogens (tertiary/aromatic N) is 2. The average molecular weight is 221 g/mol. The molecule has 1 N–H and O–H groups in total. The van der Waals surface area contributed by atoms with E-state index in [-0.39, 0.29) is 0 Å². The molecule has 1 unspecified atom stereocenters. The van der Waals surface area contributed by atoms with Crippen molar-refractivity contribution in [2.24, 2.45) is 0 Å². The molecule has 3 heteroatoms. The maximum Gasteiger partial charge on any atom is 0.129 e. The van der Waals surface area contributed by atoms with Gasteiger partial charge in [0.1, 0.15) is 5.82 Å². The highest BCUT2D eigenvalue weighted by molar-refractivity contribution is 5.42. The van der Waals surface area contributed by atoms with Crippen LogP contribution >= 0.6 is 0 Å². The van der Waals surface area contributed by atoms with Gasteiger partial charge in [0.15, 0.2) is 0 Å². The number of hydrogen-bond acceptors (Lipinski definition) is 3. The fourth-order valence-corrected chi connectivity index (χ4v) is 1.82. The Morgan fingerprint density at radius 3 is 2.56 bits per heavy atom. The van der Waals surface area contributed by atoms with Crippen molar-refractivity contribution < 1.29 is 0 Å². The first-order valence-electron chi connectivity index (χ1n) is 6.00. The number of nitrogens with one attached hydrogen (secondary N) is 1. The molecule has 0 saturated heterocycles. The summed E-state index contributed by atoms with van der Waals surface area (Å²) in [7, 11) is 1.98. The number of pyridine rings is 1. The van der Waals surface area contributed by atoms with Crippen molar-refractivity contribution in [2.45, 2.75) is 39.8 Å². The van der Waals surface area contributed by atoms with Gasteiger partial charge >= 0.3 is 0 Å². The third-order valence-electron chi connectivity index (χ3n) is 2.96. The Labute approximate surface area is 98.9 Å². The summed E-state index contributed by atoms with van der Waals surface area (Å²) >= 11 is 0. The van der Waals surface area contributed by atoms with Crippen molar-refractivity contribution in [1.29, 1.82) is 0 Å². The molecule has 1 aromatic heterocycles. The van der Waals surface area contributed by atoms with E-state index in [9.17, 15) is 0 Å². The molecule has 3 nitrogen and oxygen atoms in total. The van der Waals surface area contributed by atoms with Crippen LogP contribution in [0.5, 0.6) is 0 Å². The van der Waals surface area contributed by atoms with Crippen molar-refractivity contribution >= 4 is 5.82 Å². The lowest BCUT2D eigenvalue weighted by Gasteiger charge is -2.27. The minimum atomic E-state index is 0.368. The maximum atomic E-state index is 4.45. The lowest BCUT2D eigenvalue weighted by Crippen LogP contribution is -2.31. The van der Waals surface area contributed by atoms with E-state index in [1.165, 1.54) is 5.56 Å². The Balaban J connectivity index is 2.96. The molecule has 0 aromatic carbocycles. The third-order valence-corrected chi connectivity index (χ3v) is 2.96. The zero-order chi connectivity index (χ0) is 12.1. The van der Waals surface area contributed by atoms with Gasteiger partial charge < -0.3 is 10.2 Å². The number of aromatic nitrogens is 1. The first-order chi connectivity index (χ1) is 7.60. The van der Waals surface area contributed by atoms with Crippen LogP contribution in [0.3, 0.4) is 0 Å². The highest BCUT2D eigenvalue weighted by atomic mass is 15.2. The summed E-state index contributed by atoms with van der Waals surface area (Å²) < 4.78 is 0. The minimum absolute atomic E-state index is 0.368. The molecule has 90 valence electrons.